The van der Waals surface area contributed by atoms with Crippen LogP contribution in [0.15, 0.2) is 13.2 Å². The van der Waals surface area contributed by atoms with Crippen molar-refractivity contribution >= 4 is 33.4 Å². The van der Waals surface area contributed by atoms with Crippen LogP contribution in [0.25, 0.3) is 0 Å². The summed E-state index contributed by atoms with van der Waals surface area (Å²) in [6.07, 6.45) is 0. The van der Waals surface area contributed by atoms with Gasteiger partial charge < -0.3 is 11.5 Å². The smallest absolute Gasteiger partial charge is 0.231 e. The van der Waals surface area contributed by atoms with Crippen LogP contribution in [0, 0.1) is 0 Å². The molecule has 0 aromatic rings. The maximum Gasteiger partial charge on any atom is 0.231 e. The van der Waals surface area contributed by atoms with Gasteiger partial charge in [0.2, 0.25) is 11.8 Å². The molecule has 82 valence electrons. The third kappa shape index (κ3) is 8.00. The summed E-state index contributed by atoms with van der Waals surface area (Å²) in [6.45, 7) is 9.38. The van der Waals surface area contributed by atoms with E-state index in [0.29, 0.717) is 0 Å². The van der Waals surface area contributed by atoms with E-state index in [1.807, 2.05) is 0 Å². The number of carbonyl (C=O) groups excluding carboxylic acids is 2. The maximum atomic E-state index is 10.6. The summed E-state index contributed by atoms with van der Waals surface area (Å²) in [5, 5.41) is -0.589. The summed E-state index contributed by atoms with van der Waals surface area (Å²) < 4.78 is 0. The SMILES string of the molecule is C=C.CC(SSC(C)C(N)=O)C(N)=O. The van der Waals surface area contributed by atoms with Crippen molar-refractivity contribution in [3.05, 3.63) is 13.2 Å². The molecule has 0 aliphatic carbocycles. The third-order valence-electron chi connectivity index (χ3n) is 1.15. The normalized spacial score (nSPS) is 13.3. The molecule has 2 unspecified atom stereocenters. The average Bonchev–Trinajstić information content (AvgIpc) is 2.16. The van der Waals surface area contributed by atoms with Gasteiger partial charge in [0.25, 0.3) is 0 Å². The van der Waals surface area contributed by atoms with Crippen molar-refractivity contribution in [1.29, 1.82) is 0 Å². The first-order chi connectivity index (χ1) is 6.45. The van der Waals surface area contributed by atoms with Crippen molar-refractivity contribution < 1.29 is 9.59 Å². The van der Waals surface area contributed by atoms with Crippen LogP contribution in [0.2, 0.25) is 0 Å². The van der Waals surface area contributed by atoms with E-state index in [9.17, 15) is 9.59 Å². The summed E-state index contributed by atoms with van der Waals surface area (Å²) >= 11 is 0. The van der Waals surface area contributed by atoms with Gasteiger partial charge in [-0.3, -0.25) is 9.59 Å². The molecule has 4 N–H and O–H groups in total. The second kappa shape index (κ2) is 8.96. The molecular formula is C8H16N2O2S2. The van der Waals surface area contributed by atoms with Gasteiger partial charge in [0, 0.05) is 0 Å². The summed E-state index contributed by atoms with van der Waals surface area (Å²) in [7, 11) is 2.52. The van der Waals surface area contributed by atoms with E-state index in [1.54, 1.807) is 13.8 Å². The Labute approximate surface area is 92.3 Å². The van der Waals surface area contributed by atoms with E-state index in [4.69, 9.17) is 11.5 Å². The van der Waals surface area contributed by atoms with Gasteiger partial charge in [0.1, 0.15) is 0 Å². The van der Waals surface area contributed by atoms with E-state index < -0.39 is 0 Å². The molecule has 4 nitrogen and oxygen atoms in total. The summed E-state index contributed by atoms with van der Waals surface area (Å²) in [5.74, 6) is -0.770. The standard InChI is InChI=1S/C6H12N2O2S2.C2H4/c1-3(5(7)9)11-12-4(2)6(8)10;1-2/h3-4H,1-2H3,(H2,7,9)(H2,8,10);1-2H2. The lowest BCUT2D eigenvalue weighted by atomic mass is 10.5. The predicted octanol–water partition coefficient (Wildman–Crippen LogP) is 0.918. The Kier molecular flexibility index (Phi) is 10.1. The van der Waals surface area contributed by atoms with Gasteiger partial charge in [-0.25, -0.2) is 0 Å². The molecule has 0 saturated heterocycles. The van der Waals surface area contributed by atoms with Gasteiger partial charge in [-0.2, -0.15) is 0 Å². The molecule has 0 aromatic carbocycles. The van der Waals surface area contributed by atoms with Gasteiger partial charge in [-0.05, 0) is 13.8 Å². The molecule has 0 aliphatic heterocycles. The first-order valence-electron chi connectivity index (χ1n) is 3.86. The van der Waals surface area contributed by atoms with E-state index in [2.05, 4.69) is 13.2 Å². The van der Waals surface area contributed by atoms with Gasteiger partial charge in [-0.15, -0.1) is 13.2 Å². The topological polar surface area (TPSA) is 86.2 Å². The highest BCUT2D eigenvalue weighted by Crippen LogP contribution is 2.30. The molecule has 0 saturated carbocycles. The second-order valence-corrected chi connectivity index (χ2v) is 5.24. The minimum Gasteiger partial charge on any atom is -0.369 e. The Balaban J connectivity index is 0. The Bertz CT molecular complexity index is 180. The van der Waals surface area contributed by atoms with E-state index >= 15 is 0 Å². The molecule has 0 rings (SSSR count). The number of amides is 2. The molecule has 0 bridgehead atoms. The highest BCUT2D eigenvalue weighted by molar-refractivity contribution is 8.77. The minimum atomic E-state index is -0.385. The predicted molar refractivity (Wildman–Crippen MR) is 63.7 cm³/mol. The van der Waals surface area contributed by atoms with Crippen LogP contribution in [0.3, 0.4) is 0 Å². The Morgan fingerprint density at radius 3 is 1.36 bits per heavy atom. The molecule has 0 spiro atoms. The first-order valence-corrected chi connectivity index (χ1v) is 6.13. The zero-order valence-electron chi connectivity index (χ0n) is 8.36. The van der Waals surface area contributed by atoms with Gasteiger partial charge in [0.05, 0.1) is 10.5 Å². The van der Waals surface area contributed by atoms with Crippen LogP contribution >= 0.6 is 21.6 Å². The highest BCUT2D eigenvalue weighted by Gasteiger charge is 2.14. The first kappa shape index (κ1) is 15.8. The average molecular weight is 236 g/mol. The molecule has 6 heteroatoms. The molecular weight excluding hydrogens is 220 g/mol. The monoisotopic (exact) mass is 236 g/mol. The minimum absolute atomic E-state index is 0.295. The molecule has 0 aromatic heterocycles. The fraction of sp³-hybridized carbons (Fsp3) is 0.500. The number of rotatable bonds is 5. The van der Waals surface area contributed by atoms with Crippen LogP contribution in [0.5, 0.6) is 0 Å². The van der Waals surface area contributed by atoms with Crippen molar-refractivity contribution in [2.75, 3.05) is 0 Å². The Morgan fingerprint density at radius 2 is 1.21 bits per heavy atom. The third-order valence-corrected chi connectivity index (χ3v) is 4.36. The Morgan fingerprint density at radius 1 is 1.00 bits per heavy atom. The van der Waals surface area contributed by atoms with Crippen molar-refractivity contribution in [3.63, 3.8) is 0 Å². The quantitative estimate of drug-likeness (QED) is 0.549. The van der Waals surface area contributed by atoms with Crippen LogP contribution in [-0.4, -0.2) is 22.3 Å². The van der Waals surface area contributed by atoms with Crippen molar-refractivity contribution in [1.82, 2.24) is 0 Å². The van der Waals surface area contributed by atoms with Gasteiger partial charge >= 0.3 is 0 Å². The number of carbonyl (C=O) groups is 2. The highest BCUT2D eigenvalue weighted by atomic mass is 33.1. The number of primary amides is 2. The molecule has 2 amide bonds. The molecule has 14 heavy (non-hydrogen) atoms. The summed E-state index contributed by atoms with van der Waals surface area (Å²) in [5.41, 5.74) is 10.0. The summed E-state index contributed by atoms with van der Waals surface area (Å²) in [4.78, 5) is 21.1. The maximum absolute atomic E-state index is 10.6. The van der Waals surface area contributed by atoms with Crippen LogP contribution in [-0.2, 0) is 9.59 Å². The Hall–Kier alpha value is -0.620. The van der Waals surface area contributed by atoms with E-state index in [-0.39, 0.29) is 22.3 Å². The number of hydrogen-bond acceptors (Lipinski definition) is 4. The zero-order valence-corrected chi connectivity index (χ0v) is 9.99. The second-order valence-electron chi connectivity index (χ2n) is 2.28. The van der Waals surface area contributed by atoms with Crippen LogP contribution < -0.4 is 11.5 Å². The lowest BCUT2D eigenvalue weighted by Crippen LogP contribution is -2.24. The number of hydrogen-bond donors (Lipinski definition) is 2. The van der Waals surface area contributed by atoms with E-state index in [0.717, 1.165) is 0 Å². The van der Waals surface area contributed by atoms with Gasteiger partial charge in [-0.1, -0.05) is 21.6 Å². The van der Waals surface area contributed by atoms with Crippen molar-refractivity contribution in [2.45, 2.75) is 24.3 Å². The van der Waals surface area contributed by atoms with E-state index in [1.165, 1.54) is 21.6 Å². The van der Waals surface area contributed by atoms with Crippen LogP contribution in [0.1, 0.15) is 13.8 Å². The summed E-state index contributed by atoms with van der Waals surface area (Å²) in [6, 6.07) is 0. The van der Waals surface area contributed by atoms with Crippen molar-refractivity contribution in [3.8, 4) is 0 Å². The molecule has 0 radical (unpaired) electrons. The van der Waals surface area contributed by atoms with Gasteiger partial charge in [0.15, 0.2) is 0 Å². The fourth-order valence-electron chi connectivity index (χ4n) is 0.262. The lowest BCUT2D eigenvalue weighted by Gasteiger charge is -2.08. The fourth-order valence-corrected chi connectivity index (χ4v) is 2.35. The molecule has 0 heterocycles. The molecule has 2 atom stereocenters. The number of nitrogens with two attached hydrogens (primary N) is 2. The lowest BCUT2D eigenvalue weighted by molar-refractivity contribution is -0.118. The zero-order chi connectivity index (χ0) is 11.7. The van der Waals surface area contributed by atoms with Crippen molar-refractivity contribution in [2.24, 2.45) is 11.5 Å². The molecule has 0 fully saturated rings. The van der Waals surface area contributed by atoms with Crippen LogP contribution in [0.4, 0.5) is 0 Å². The largest absolute Gasteiger partial charge is 0.369 e. The molecule has 0 aliphatic rings.